The number of aromatic nitrogens is 2. The predicted molar refractivity (Wildman–Crippen MR) is 47.7 cm³/mol. The van der Waals surface area contributed by atoms with Gasteiger partial charge in [0, 0.05) is 0 Å². The van der Waals surface area contributed by atoms with Crippen LogP contribution in [0.15, 0.2) is 0 Å². The van der Waals surface area contributed by atoms with Crippen LogP contribution >= 0.6 is 0 Å². The molecule has 0 bridgehead atoms. The summed E-state index contributed by atoms with van der Waals surface area (Å²) in [5.74, 6) is -1.72. The second-order valence-electron chi connectivity index (χ2n) is 2.69. The van der Waals surface area contributed by atoms with E-state index in [4.69, 9.17) is 10.8 Å². The van der Waals surface area contributed by atoms with Crippen molar-refractivity contribution < 1.29 is 14.7 Å². The Labute approximate surface area is 79.3 Å². The molecule has 1 amide bonds. The number of aliphatic carboxylic acids is 1. The molecule has 0 atom stereocenters. The number of aromatic amines is 1. The largest absolute Gasteiger partial charge is 0.480 e. The number of hydrogen-bond donors (Lipinski definition) is 4. The van der Waals surface area contributed by atoms with Gasteiger partial charge in [0.1, 0.15) is 6.54 Å². The summed E-state index contributed by atoms with van der Waals surface area (Å²) in [5.41, 5.74) is 6.33. The standard InChI is InChI=1S/C7H10N4O3/c1-3-5(8)6(11-10-3)7(14)9-2-4(12)13/h2,8H2,1H3,(H,9,14)(H,10,11)(H,12,13). The van der Waals surface area contributed by atoms with Gasteiger partial charge in [-0.3, -0.25) is 14.7 Å². The number of H-pyrrole nitrogens is 1. The minimum absolute atomic E-state index is 0.0174. The number of aryl methyl sites for hydroxylation is 1. The van der Waals surface area contributed by atoms with E-state index in [9.17, 15) is 9.59 Å². The van der Waals surface area contributed by atoms with Crippen LogP contribution in [0.2, 0.25) is 0 Å². The minimum atomic E-state index is -1.12. The molecule has 76 valence electrons. The van der Waals surface area contributed by atoms with Gasteiger partial charge in [-0.25, -0.2) is 0 Å². The summed E-state index contributed by atoms with van der Waals surface area (Å²) < 4.78 is 0. The number of rotatable bonds is 3. The molecule has 0 aromatic carbocycles. The maximum atomic E-state index is 11.2. The number of carboxylic acid groups (broad SMARTS) is 1. The van der Waals surface area contributed by atoms with Crippen LogP contribution in [0.25, 0.3) is 0 Å². The third-order valence-electron chi connectivity index (χ3n) is 1.61. The zero-order valence-corrected chi connectivity index (χ0v) is 7.50. The highest BCUT2D eigenvalue weighted by Gasteiger charge is 2.15. The summed E-state index contributed by atoms with van der Waals surface area (Å²) in [6, 6.07) is 0. The molecule has 0 spiro atoms. The third kappa shape index (κ3) is 2.00. The van der Waals surface area contributed by atoms with E-state index in [2.05, 4.69) is 15.5 Å². The van der Waals surface area contributed by atoms with Crippen molar-refractivity contribution in [1.82, 2.24) is 15.5 Å². The number of carbonyl (C=O) groups is 2. The Hall–Kier alpha value is -2.05. The van der Waals surface area contributed by atoms with Crippen molar-refractivity contribution in [2.24, 2.45) is 0 Å². The number of carboxylic acids is 1. The van der Waals surface area contributed by atoms with E-state index in [1.807, 2.05) is 0 Å². The van der Waals surface area contributed by atoms with Crippen molar-refractivity contribution in [2.45, 2.75) is 6.92 Å². The summed E-state index contributed by atoms with van der Waals surface area (Å²) >= 11 is 0. The molecular formula is C7H10N4O3. The number of anilines is 1. The second kappa shape index (κ2) is 3.77. The molecule has 0 fully saturated rings. The quantitative estimate of drug-likeness (QED) is 0.502. The van der Waals surface area contributed by atoms with Crippen molar-refractivity contribution >= 4 is 17.6 Å². The third-order valence-corrected chi connectivity index (χ3v) is 1.61. The molecule has 0 aliphatic heterocycles. The normalized spacial score (nSPS) is 9.79. The van der Waals surface area contributed by atoms with Crippen molar-refractivity contribution in [3.8, 4) is 0 Å². The van der Waals surface area contributed by atoms with Gasteiger partial charge >= 0.3 is 5.97 Å². The Morgan fingerprint density at radius 2 is 2.29 bits per heavy atom. The van der Waals surface area contributed by atoms with Crippen LogP contribution in [0.1, 0.15) is 16.2 Å². The highest BCUT2D eigenvalue weighted by molar-refractivity contribution is 5.98. The van der Waals surface area contributed by atoms with Crippen LogP contribution in [0.3, 0.4) is 0 Å². The Morgan fingerprint density at radius 3 is 2.71 bits per heavy atom. The van der Waals surface area contributed by atoms with Crippen molar-refractivity contribution in [3.05, 3.63) is 11.4 Å². The molecular weight excluding hydrogens is 188 g/mol. The Bertz CT molecular complexity index is 371. The minimum Gasteiger partial charge on any atom is -0.480 e. The molecule has 1 aromatic rings. The van der Waals surface area contributed by atoms with E-state index in [0.717, 1.165) is 0 Å². The molecule has 1 rings (SSSR count). The molecule has 0 aliphatic rings. The van der Waals surface area contributed by atoms with E-state index in [0.29, 0.717) is 5.69 Å². The van der Waals surface area contributed by atoms with Crippen LogP contribution in [0.5, 0.6) is 0 Å². The Balaban J connectivity index is 2.70. The van der Waals surface area contributed by atoms with E-state index in [-0.39, 0.29) is 11.4 Å². The Kier molecular flexibility index (Phi) is 2.70. The van der Waals surface area contributed by atoms with Gasteiger partial charge in [-0.2, -0.15) is 5.10 Å². The fourth-order valence-corrected chi connectivity index (χ4v) is 0.851. The van der Waals surface area contributed by atoms with Gasteiger partial charge in [0.15, 0.2) is 5.69 Å². The first kappa shape index (κ1) is 10.0. The Morgan fingerprint density at radius 1 is 1.64 bits per heavy atom. The zero-order valence-electron chi connectivity index (χ0n) is 7.50. The van der Waals surface area contributed by atoms with Gasteiger partial charge in [-0.05, 0) is 6.92 Å². The number of nitrogens with one attached hydrogen (secondary N) is 2. The number of nitrogens with zero attached hydrogens (tertiary/aromatic N) is 1. The lowest BCUT2D eigenvalue weighted by Gasteiger charge is -1.99. The fraction of sp³-hybridized carbons (Fsp3) is 0.286. The maximum absolute atomic E-state index is 11.2. The highest BCUT2D eigenvalue weighted by atomic mass is 16.4. The molecule has 14 heavy (non-hydrogen) atoms. The van der Waals surface area contributed by atoms with Gasteiger partial charge in [-0.1, -0.05) is 0 Å². The first-order chi connectivity index (χ1) is 6.52. The molecule has 5 N–H and O–H groups in total. The molecule has 7 nitrogen and oxygen atoms in total. The van der Waals surface area contributed by atoms with E-state index in [1.54, 1.807) is 6.92 Å². The predicted octanol–water partition coefficient (Wildman–Crippen LogP) is -0.885. The highest BCUT2D eigenvalue weighted by Crippen LogP contribution is 2.11. The van der Waals surface area contributed by atoms with Gasteiger partial charge in [0.2, 0.25) is 0 Å². The topological polar surface area (TPSA) is 121 Å². The molecule has 7 heteroatoms. The number of hydrogen-bond acceptors (Lipinski definition) is 4. The molecule has 0 unspecified atom stereocenters. The van der Waals surface area contributed by atoms with Gasteiger partial charge < -0.3 is 16.2 Å². The molecule has 0 radical (unpaired) electrons. The average molecular weight is 198 g/mol. The van der Waals surface area contributed by atoms with Crippen molar-refractivity contribution in [1.29, 1.82) is 0 Å². The van der Waals surface area contributed by atoms with Crippen molar-refractivity contribution in [3.63, 3.8) is 0 Å². The summed E-state index contributed by atoms with van der Waals surface area (Å²) in [6.07, 6.45) is 0. The summed E-state index contributed by atoms with van der Waals surface area (Å²) in [5, 5.41) is 16.6. The smallest absolute Gasteiger partial charge is 0.322 e. The number of nitrogen functional groups attached to an aromatic ring is 1. The molecule has 0 saturated heterocycles. The van der Waals surface area contributed by atoms with Gasteiger partial charge in [-0.15, -0.1) is 0 Å². The SMILES string of the molecule is Cc1[nH]nc(C(=O)NCC(=O)O)c1N. The first-order valence-corrected chi connectivity index (χ1v) is 3.82. The van der Waals surface area contributed by atoms with Crippen LogP contribution in [-0.2, 0) is 4.79 Å². The lowest BCUT2D eigenvalue weighted by Crippen LogP contribution is -2.30. The molecule has 0 aliphatic carbocycles. The lowest BCUT2D eigenvalue weighted by atomic mass is 10.3. The van der Waals surface area contributed by atoms with Gasteiger partial charge in [0.05, 0.1) is 11.4 Å². The maximum Gasteiger partial charge on any atom is 0.322 e. The van der Waals surface area contributed by atoms with Crippen LogP contribution in [0, 0.1) is 6.92 Å². The lowest BCUT2D eigenvalue weighted by molar-refractivity contribution is -0.135. The molecule has 1 heterocycles. The second-order valence-corrected chi connectivity index (χ2v) is 2.69. The van der Waals surface area contributed by atoms with Crippen molar-refractivity contribution in [2.75, 3.05) is 12.3 Å². The fourth-order valence-electron chi connectivity index (χ4n) is 0.851. The van der Waals surface area contributed by atoms with E-state index < -0.39 is 18.4 Å². The van der Waals surface area contributed by atoms with Crippen LogP contribution in [0.4, 0.5) is 5.69 Å². The first-order valence-electron chi connectivity index (χ1n) is 3.82. The molecule has 1 aromatic heterocycles. The molecule has 0 saturated carbocycles. The van der Waals surface area contributed by atoms with Crippen LogP contribution in [-0.4, -0.2) is 33.7 Å². The monoisotopic (exact) mass is 198 g/mol. The summed E-state index contributed by atoms with van der Waals surface area (Å²) in [6.45, 7) is 1.21. The zero-order chi connectivity index (χ0) is 10.7. The average Bonchev–Trinajstić information content (AvgIpc) is 2.44. The number of nitrogens with two attached hydrogens (primary N) is 1. The van der Waals surface area contributed by atoms with E-state index in [1.165, 1.54) is 0 Å². The van der Waals surface area contributed by atoms with Crippen LogP contribution < -0.4 is 11.1 Å². The van der Waals surface area contributed by atoms with E-state index >= 15 is 0 Å². The number of amides is 1. The number of carbonyl (C=O) groups excluding carboxylic acids is 1. The van der Waals surface area contributed by atoms with Gasteiger partial charge in [0.25, 0.3) is 5.91 Å². The summed E-state index contributed by atoms with van der Waals surface area (Å²) in [7, 11) is 0. The summed E-state index contributed by atoms with van der Waals surface area (Å²) in [4.78, 5) is 21.4.